The fourth-order valence-corrected chi connectivity index (χ4v) is 2.53. The van der Waals surface area contributed by atoms with E-state index in [2.05, 4.69) is 15.3 Å². The number of nitrogens with two attached hydrogens (primary N) is 1. The van der Waals surface area contributed by atoms with E-state index in [0.717, 1.165) is 17.9 Å². The maximum atomic E-state index is 11.9. The molecule has 0 aliphatic rings. The van der Waals surface area contributed by atoms with Crippen LogP contribution in [0.1, 0.15) is 6.42 Å². The summed E-state index contributed by atoms with van der Waals surface area (Å²) in [6.07, 6.45) is 0.803. The van der Waals surface area contributed by atoms with Gasteiger partial charge in [-0.05, 0) is 30.4 Å². The lowest BCUT2D eigenvalue weighted by molar-refractivity contribution is 0.296. The number of aliphatic hydroxyl groups excluding tert-OH is 1. The molecule has 0 saturated carbocycles. The predicted molar refractivity (Wildman–Crippen MR) is 84.3 cm³/mol. The van der Waals surface area contributed by atoms with Gasteiger partial charge in [0.25, 0.3) is 5.56 Å². The fourth-order valence-electron chi connectivity index (χ4n) is 1.75. The minimum atomic E-state index is -0.197. The average Bonchev–Trinajstić information content (AvgIpc) is 2.43. The smallest absolute Gasteiger partial charge is 0.260 e. The topological polar surface area (TPSA) is 104 Å². The van der Waals surface area contributed by atoms with E-state index in [4.69, 9.17) is 10.8 Å². The number of H-pyrrole nitrogens is 1. The molecule has 0 atom stereocenters. The number of aromatic amines is 1. The Hall–Kier alpha value is -1.73. The Bertz CT molecular complexity index is 629. The fraction of sp³-hybridized carbons (Fsp3) is 0.385. The van der Waals surface area contributed by atoms with E-state index < -0.39 is 0 Å². The number of fused-ring (bicyclic) bond motifs is 1. The number of aromatic nitrogens is 2. The monoisotopic (exact) mass is 294 g/mol. The maximum absolute atomic E-state index is 11.9. The Kier molecular flexibility index (Phi) is 5.25. The molecule has 108 valence electrons. The van der Waals surface area contributed by atoms with Gasteiger partial charge in [0.15, 0.2) is 0 Å². The van der Waals surface area contributed by atoms with Crippen LogP contribution in [0.3, 0.4) is 0 Å². The first-order valence-corrected chi connectivity index (χ1v) is 7.58. The first-order chi connectivity index (χ1) is 9.70. The summed E-state index contributed by atoms with van der Waals surface area (Å²) in [7, 11) is 0. The number of hydrogen-bond donors (Lipinski definition) is 4. The summed E-state index contributed by atoms with van der Waals surface area (Å²) in [4.78, 5) is 18.9. The van der Waals surface area contributed by atoms with Gasteiger partial charge >= 0.3 is 0 Å². The van der Waals surface area contributed by atoms with Crippen LogP contribution in [0, 0.1) is 0 Å². The molecule has 0 spiro atoms. The van der Waals surface area contributed by atoms with Crippen LogP contribution in [0.2, 0.25) is 0 Å². The third-order valence-corrected chi connectivity index (χ3v) is 3.79. The van der Waals surface area contributed by atoms with Gasteiger partial charge in [-0.25, -0.2) is 4.98 Å². The van der Waals surface area contributed by atoms with Crippen molar-refractivity contribution in [3.8, 4) is 0 Å². The molecule has 0 radical (unpaired) electrons. The van der Waals surface area contributed by atoms with Gasteiger partial charge in [-0.15, -0.1) is 0 Å². The molecule has 20 heavy (non-hydrogen) atoms. The molecule has 0 aliphatic heterocycles. The van der Waals surface area contributed by atoms with E-state index in [0.29, 0.717) is 29.1 Å². The van der Waals surface area contributed by atoms with E-state index in [-0.39, 0.29) is 12.2 Å². The normalized spacial score (nSPS) is 10.8. The third kappa shape index (κ3) is 3.88. The summed E-state index contributed by atoms with van der Waals surface area (Å²) < 4.78 is 0. The molecule has 1 aromatic carbocycles. The summed E-state index contributed by atoms with van der Waals surface area (Å²) in [5.41, 5.74) is 6.63. The lowest BCUT2D eigenvalue weighted by Crippen LogP contribution is -2.15. The molecule has 0 aliphatic carbocycles. The van der Waals surface area contributed by atoms with Crippen LogP contribution in [-0.2, 0) is 0 Å². The molecule has 1 heterocycles. The average molecular weight is 294 g/mol. The highest BCUT2D eigenvalue weighted by atomic mass is 32.2. The van der Waals surface area contributed by atoms with E-state index in [1.165, 1.54) is 0 Å². The summed E-state index contributed by atoms with van der Waals surface area (Å²) in [6.45, 7) is 0.933. The van der Waals surface area contributed by atoms with Gasteiger partial charge in [-0.2, -0.15) is 11.8 Å². The van der Waals surface area contributed by atoms with Crippen LogP contribution in [0.4, 0.5) is 11.6 Å². The molecule has 2 aromatic rings. The first kappa shape index (κ1) is 14.7. The standard InChI is InChI=1S/C13H18N4O2S/c14-9-2-3-11-10(8-9)12(19)17-13(16-11)15-4-7-20-6-1-5-18/h2-3,8,18H,1,4-7,14H2,(H2,15,16,17,19). The molecule has 0 unspecified atom stereocenters. The zero-order chi connectivity index (χ0) is 14.4. The molecule has 0 saturated heterocycles. The highest BCUT2D eigenvalue weighted by Gasteiger charge is 2.03. The van der Waals surface area contributed by atoms with Crippen LogP contribution < -0.4 is 16.6 Å². The lowest BCUT2D eigenvalue weighted by Gasteiger charge is -2.06. The van der Waals surface area contributed by atoms with Crippen LogP contribution in [0.5, 0.6) is 0 Å². The molecule has 7 heteroatoms. The van der Waals surface area contributed by atoms with Crippen molar-refractivity contribution in [3.63, 3.8) is 0 Å². The number of rotatable bonds is 7. The Morgan fingerprint density at radius 1 is 1.40 bits per heavy atom. The largest absolute Gasteiger partial charge is 0.399 e. The van der Waals surface area contributed by atoms with Crippen LogP contribution >= 0.6 is 11.8 Å². The molecule has 6 nitrogen and oxygen atoms in total. The van der Waals surface area contributed by atoms with Crippen molar-refractivity contribution in [3.05, 3.63) is 28.6 Å². The van der Waals surface area contributed by atoms with Crippen molar-refractivity contribution in [1.29, 1.82) is 0 Å². The second-order valence-corrected chi connectivity index (χ2v) is 5.53. The summed E-state index contributed by atoms with van der Waals surface area (Å²) in [5, 5.41) is 12.2. The molecule has 0 fully saturated rings. The van der Waals surface area contributed by atoms with E-state index >= 15 is 0 Å². The Labute approximate surface area is 120 Å². The van der Waals surface area contributed by atoms with E-state index in [9.17, 15) is 4.79 Å². The predicted octanol–water partition coefficient (Wildman–Crippen LogP) is 1.03. The minimum absolute atomic E-state index is 0.197. The van der Waals surface area contributed by atoms with Crippen molar-refractivity contribution < 1.29 is 5.11 Å². The van der Waals surface area contributed by atoms with Gasteiger partial charge in [-0.1, -0.05) is 0 Å². The Morgan fingerprint density at radius 2 is 2.25 bits per heavy atom. The quantitative estimate of drug-likeness (QED) is 0.449. The van der Waals surface area contributed by atoms with Crippen LogP contribution in [0.25, 0.3) is 10.9 Å². The number of aliphatic hydroxyl groups is 1. The summed E-state index contributed by atoms with van der Waals surface area (Å²) in [6, 6.07) is 5.08. The van der Waals surface area contributed by atoms with Crippen LogP contribution in [0.15, 0.2) is 23.0 Å². The molecule has 1 aromatic heterocycles. The van der Waals surface area contributed by atoms with Gasteiger partial charge < -0.3 is 16.2 Å². The Morgan fingerprint density at radius 3 is 3.05 bits per heavy atom. The zero-order valence-electron chi connectivity index (χ0n) is 11.1. The van der Waals surface area contributed by atoms with Gasteiger partial charge in [-0.3, -0.25) is 9.78 Å². The number of nitrogens with one attached hydrogen (secondary N) is 2. The number of anilines is 2. The molecule has 2 rings (SSSR count). The molecular weight excluding hydrogens is 276 g/mol. The van der Waals surface area contributed by atoms with Gasteiger partial charge in [0.05, 0.1) is 10.9 Å². The van der Waals surface area contributed by atoms with Crippen molar-refractivity contribution in [2.45, 2.75) is 6.42 Å². The highest BCUT2D eigenvalue weighted by Crippen LogP contribution is 2.12. The maximum Gasteiger partial charge on any atom is 0.260 e. The summed E-state index contributed by atoms with van der Waals surface area (Å²) in [5.74, 6) is 2.29. The SMILES string of the molecule is Nc1ccc2nc(NCCSCCCO)[nH]c(=O)c2c1. The second kappa shape index (κ2) is 7.16. The van der Waals surface area contributed by atoms with Gasteiger partial charge in [0.2, 0.25) is 5.95 Å². The van der Waals surface area contributed by atoms with Gasteiger partial charge in [0.1, 0.15) is 0 Å². The lowest BCUT2D eigenvalue weighted by atomic mass is 10.2. The number of hydrogen-bond acceptors (Lipinski definition) is 6. The van der Waals surface area contributed by atoms with Crippen molar-refractivity contribution in [2.24, 2.45) is 0 Å². The Balaban J connectivity index is 1.98. The highest BCUT2D eigenvalue weighted by molar-refractivity contribution is 7.99. The molecular formula is C13H18N4O2S. The number of benzene rings is 1. The van der Waals surface area contributed by atoms with Crippen molar-refractivity contribution in [1.82, 2.24) is 9.97 Å². The van der Waals surface area contributed by atoms with E-state index in [1.54, 1.807) is 30.0 Å². The molecule has 5 N–H and O–H groups in total. The first-order valence-electron chi connectivity index (χ1n) is 6.43. The third-order valence-electron chi connectivity index (χ3n) is 2.72. The number of nitrogen functional groups attached to an aromatic ring is 1. The van der Waals surface area contributed by atoms with Crippen molar-refractivity contribution in [2.75, 3.05) is 35.7 Å². The number of thioether (sulfide) groups is 1. The summed E-state index contributed by atoms with van der Waals surface area (Å²) >= 11 is 1.75. The van der Waals surface area contributed by atoms with E-state index in [1.807, 2.05) is 0 Å². The molecule has 0 bridgehead atoms. The zero-order valence-corrected chi connectivity index (χ0v) is 11.9. The van der Waals surface area contributed by atoms with Crippen molar-refractivity contribution >= 4 is 34.3 Å². The molecule has 0 amide bonds. The van der Waals surface area contributed by atoms with Gasteiger partial charge in [0, 0.05) is 24.6 Å². The second-order valence-electron chi connectivity index (χ2n) is 4.31. The van der Waals surface area contributed by atoms with Crippen LogP contribution in [-0.4, -0.2) is 39.7 Å². The number of nitrogens with zero attached hydrogens (tertiary/aromatic N) is 1. The minimum Gasteiger partial charge on any atom is -0.399 e.